The van der Waals surface area contributed by atoms with Crippen molar-refractivity contribution in [2.24, 2.45) is 0 Å². The van der Waals surface area contributed by atoms with Crippen molar-refractivity contribution in [2.45, 2.75) is 45.7 Å². The Morgan fingerprint density at radius 2 is 1.85 bits per heavy atom. The van der Waals surface area contributed by atoms with Gasteiger partial charge >= 0.3 is 6.03 Å². The molecule has 7 nitrogen and oxygen atoms in total. The van der Waals surface area contributed by atoms with Crippen molar-refractivity contribution in [3.63, 3.8) is 0 Å². The molecule has 142 valence electrons. The molecule has 0 spiro atoms. The van der Waals surface area contributed by atoms with Crippen molar-refractivity contribution in [3.05, 3.63) is 35.4 Å². The van der Waals surface area contributed by atoms with E-state index in [9.17, 15) is 14.4 Å². The van der Waals surface area contributed by atoms with E-state index in [0.717, 1.165) is 18.4 Å². The highest BCUT2D eigenvalue weighted by molar-refractivity contribution is 5.97. The Balaban J connectivity index is 1.81. The van der Waals surface area contributed by atoms with Crippen LogP contribution in [0.4, 0.5) is 4.79 Å². The summed E-state index contributed by atoms with van der Waals surface area (Å²) in [4.78, 5) is 38.0. The number of hydrogen-bond acceptors (Lipinski definition) is 4. The molecule has 1 aliphatic heterocycles. The van der Waals surface area contributed by atoms with Gasteiger partial charge in [-0.15, -0.1) is 0 Å². The van der Waals surface area contributed by atoms with Crippen LogP contribution in [0.3, 0.4) is 0 Å². The lowest BCUT2D eigenvalue weighted by Crippen LogP contribution is -2.53. The second-order valence-electron chi connectivity index (χ2n) is 6.62. The maximum Gasteiger partial charge on any atom is 0.321 e. The summed E-state index contributed by atoms with van der Waals surface area (Å²) in [6.45, 7) is 7.38. The highest BCUT2D eigenvalue weighted by atomic mass is 16.2. The van der Waals surface area contributed by atoms with Crippen LogP contribution in [-0.4, -0.2) is 54.5 Å². The summed E-state index contributed by atoms with van der Waals surface area (Å²) in [5, 5.41) is 7.98. The molecule has 7 heteroatoms. The highest BCUT2D eigenvalue weighted by Gasteiger charge is 2.28. The summed E-state index contributed by atoms with van der Waals surface area (Å²) in [6, 6.07) is 6.77. The van der Waals surface area contributed by atoms with Gasteiger partial charge in [0, 0.05) is 31.2 Å². The van der Waals surface area contributed by atoms with Gasteiger partial charge in [-0.05, 0) is 45.2 Å². The first-order valence-electron chi connectivity index (χ1n) is 9.11. The summed E-state index contributed by atoms with van der Waals surface area (Å²) < 4.78 is 0. The zero-order chi connectivity index (χ0) is 19.1. The number of rotatable bonds is 5. The number of amides is 4. The molecule has 0 radical (unpaired) electrons. The van der Waals surface area contributed by atoms with Crippen LogP contribution in [0.15, 0.2) is 24.3 Å². The van der Waals surface area contributed by atoms with E-state index < -0.39 is 6.03 Å². The first-order valence-corrected chi connectivity index (χ1v) is 9.11. The number of hydrogen-bond donors (Lipinski definition) is 3. The standard InChI is InChI=1S/C19H28N4O3/c1-4-20-19(26)22-17(24)14(3)23-11-9-15(10-12-23)21-18(25)16-8-6-5-7-13(16)2/h5-8,14-15H,4,9-12H2,1-3H3,(H,21,25)(H2,20,22,24,26)/t14-/m0/s1. The molecule has 1 saturated heterocycles. The topological polar surface area (TPSA) is 90.5 Å². The van der Waals surface area contributed by atoms with E-state index in [2.05, 4.69) is 16.0 Å². The summed E-state index contributed by atoms with van der Waals surface area (Å²) in [7, 11) is 0. The van der Waals surface area contributed by atoms with Gasteiger partial charge in [-0.1, -0.05) is 18.2 Å². The molecule has 0 aromatic heterocycles. The van der Waals surface area contributed by atoms with Crippen LogP contribution >= 0.6 is 0 Å². The number of imide groups is 1. The van der Waals surface area contributed by atoms with Gasteiger partial charge < -0.3 is 10.6 Å². The third-order valence-corrected chi connectivity index (χ3v) is 4.76. The zero-order valence-corrected chi connectivity index (χ0v) is 15.7. The minimum absolute atomic E-state index is 0.0522. The molecule has 3 N–H and O–H groups in total. The van der Waals surface area contributed by atoms with E-state index in [4.69, 9.17) is 0 Å². The first kappa shape index (κ1) is 19.9. The van der Waals surface area contributed by atoms with Crippen molar-refractivity contribution in [3.8, 4) is 0 Å². The van der Waals surface area contributed by atoms with Gasteiger partial charge in [0.2, 0.25) is 5.91 Å². The van der Waals surface area contributed by atoms with Crippen LogP contribution in [-0.2, 0) is 4.79 Å². The third-order valence-electron chi connectivity index (χ3n) is 4.76. The number of nitrogens with one attached hydrogen (secondary N) is 3. The number of carbonyl (C=O) groups is 3. The number of carbonyl (C=O) groups excluding carboxylic acids is 3. The Kier molecular flexibility index (Phi) is 7.15. The molecule has 0 unspecified atom stereocenters. The average molecular weight is 360 g/mol. The lowest BCUT2D eigenvalue weighted by atomic mass is 10.0. The van der Waals surface area contributed by atoms with E-state index in [0.29, 0.717) is 25.2 Å². The predicted octanol–water partition coefficient (Wildman–Crippen LogP) is 1.42. The first-order chi connectivity index (χ1) is 12.4. The molecule has 0 aliphatic carbocycles. The van der Waals surface area contributed by atoms with Crippen LogP contribution in [0.5, 0.6) is 0 Å². The molecule has 0 saturated carbocycles. The molecule has 0 bridgehead atoms. The Morgan fingerprint density at radius 1 is 1.19 bits per heavy atom. The number of benzene rings is 1. The minimum Gasteiger partial charge on any atom is -0.349 e. The quantitative estimate of drug-likeness (QED) is 0.741. The van der Waals surface area contributed by atoms with Crippen molar-refractivity contribution >= 4 is 17.8 Å². The van der Waals surface area contributed by atoms with E-state index in [1.54, 1.807) is 13.8 Å². The van der Waals surface area contributed by atoms with Crippen LogP contribution in [0, 0.1) is 6.92 Å². The van der Waals surface area contributed by atoms with Gasteiger partial charge in [0.05, 0.1) is 6.04 Å². The smallest absolute Gasteiger partial charge is 0.321 e. The maximum atomic E-state index is 12.4. The van der Waals surface area contributed by atoms with Gasteiger partial charge in [-0.2, -0.15) is 0 Å². The second kappa shape index (κ2) is 9.33. The van der Waals surface area contributed by atoms with Crippen LogP contribution in [0.2, 0.25) is 0 Å². The molecule has 1 aromatic rings. The van der Waals surface area contributed by atoms with Crippen LogP contribution in [0.25, 0.3) is 0 Å². The monoisotopic (exact) mass is 360 g/mol. The molecular formula is C19H28N4O3. The van der Waals surface area contributed by atoms with E-state index in [-0.39, 0.29) is 23.9 Å². The second-order valence-corrected chi connectivity index (χ2v) is 6.62. The molecule has 2 rings (SSSR count). The maximum absolute atomic E-state index is 12.4. The average Bonchev–Trinajstić information content (AvgIpc) is 2.62. The van der Waals surface area contributed by atoms with Crippen LogP contribution < -0.4 is 16.0 Å². The molecular weight excluding hydrogens is 332 g/mol. The fraction of sp³-hybridized carbons (Fsp3) is 0.526. The lowest BCUT2D eigenvalue weighted by molar-refractivity contribution is -0.125. The summed E-state index contributed by atoms with van der Waals surface area (Å²) in [5.41, 5.74) is 1.66. The normalized spacial score (nSPS) is 16.6. The van der Waals surface area contributed by atoms with Gasteiger partial charge in [0.25, 0.3) is 5.91 Å². The minimum atomic E-state index is -0.468. The number of piperidine rings is 1. The molecule has 1 atom stereocenters. The Hall–Kier alpha value is -2.41. The van der Waals surface area contributed by atoms with E-state index in [1.807, 2.05) is 36.1 Å². The lowest BCUT2D eigenvalue weighted by Gasteiger charge is -2.35. The fourth-order valence-electron chi connectivity index (χ4n) is 3.11. The Bertz CT molecular complexity index is 654. The van der Waals surface area contributed by atoms with Crippen LogP contribution in [0.1, 0.15) is 42.6 Å². The molecule has 1 heterocycles. The van der Waals surface area contributed by atoms with Crippen molar-refractivity contribution in [1.82, 2.24) is 20.9 Å². The number of nitrogens with zero attached hydrogens (tertiary/aromatic N) is 1. The zero-order valence-electron chi connectivity index (χ0n) is 15.7. The van der Waals surface area contributed by atoms with Crippen molar-refractivity contribution in [2.75, 3.05) is 19.6 Å². The van der Waals surface area contributed by atoms with Crippen molar-refractivity contribution < 1.29 is 14.4 Å². The third kappa shape index (κ3) is 5.29. The number of aryl methyl sites for hydroxylation is 1. The Labute approximate surface area is 154 Å². The predicted molar refractivity (Wildman–Crippen MR) is 99.9 cm³/mol. The van der Waals surface area contributed by atoms with Crippen molar-refractivity contribution in [1.29, 1.82) is 0 Å². The van der Waals surface area contributed by atoms with E-state index >= 15 is 0 Å². The molecule has 4 amide bonds. The number of likely N-dealkylation sites (tertiary alicyclic amines) is 1. The van der Waals surface area contributed by atoms with Gasteiger partial charge in [-0.25, -0.2) is 4.79 Å². The fourth-order valence-corrected chi connectivity index (χ4v) is 3.11. The summed E-state index contributed by atoms with van der Waals surface area (Å²) >= 11 is 0. The van der Waals surface area contributed by atoms with Gasteiger partial charge in [0.1, 0.15) is 0 Å². The highest BCUT2D eigenvalue weighted by Crippen LogP contribution is 2.15. The molecule has 26 heavy (non-hydrogen) atoms. The van der Waals surface area contributed by atoms with Gasteiger partial charge in [-0.3, -0.25) is 19.8 Å². The Morgan fingerprint density at radius 3 is 2.46 bits per heavy atom. The molecule has 1 aromatic carbocycles. The SMILES string of the molecule is CCNC(=O)NC(=O)[C@H](C)N1CCC(NC(=O)c2ccccc2C)CC1. The van der Waals surface area contributed by atoms with Gasteiger partial charge in [0.15, 0.2) is 0 Å². The summed E-state index contributed by atoms with van der Waals surface area (Å²) in [6.07, 6.45) is 1.55. The largest absolute Gasteiger partial charge is 0.349 e. The molecule has 1 aliphatic rings. The summed E-state index contributed by atoms with van der Waals surface area (Å²) in [5.74, 6) is -0.359. The number of urea groups is 1. The van der Waals surface area contributed by atoms with E-state index in [1.165, 1.54) is 0 Å². The molecule has 1 fully saturated rings.